The van der Waals surface area contributed by atoms with Crippen LogP contribution in [0.15, 0.2) is 0 Å². The van der Waals surface area contributed by atoms with Crippen LogP contribution < -0.4 is 5.32 Å². The van der Waals surface area contributed by atoms with E-state index in [4.69, 9.17) is 11.5 Å². The highest BCUT2D eigenvalue weighted by molar-refractivity contribution is 5.78. The summed E-state index contributed by atoms with van der Waals surface area (Å²) in [5, 5.41) is 11.6. The van der Waals surface area contributed by atoms with Gasteiger partial charge in [0.1, 0.15) is 0 Å². The zero-order valence-electron chi connectivity index (χ0n) is 8.79. The van der Waals surface area contributed by atoms with E-state index in [1.54, 1.807) is 4.90 Å². The number of hydrogen-bond acceptors (Lipinski definition) is 3. The number of aliphatic hydroxyl groups is 1. The van der Waals surface area contributed by atoms with Gasteiger partial charge in [-0.15, -0.1) is 6.42 Å². The minimum atomic E-state index is -0.0377. The summed E-state index contributed by atoms with van der Waals surface area (Å²) in [6.07, 6.45) is 5.03. The molecule has 80 valence electrons. The topological polar surface area (TPSA) is 52.6 Å². The Hall–Kier alpha value is -1.05. The maximum absolute atomic E-state index is 11.5. The standard InChI is InChI=1S/C10H18N2O2/c1-4-5-11-8-10(14)12(6-7-13)9(2)3/h1,9,11,13H,5-8H2,2-3H3. The summed E-state index contributed by atoms with van der Waals surface area (Å²) < 4.78 is 0. The number of terminal acetylenes is 1. The highest BCUT2D eigenvalue weighted by Crippen LogP contribution is 1.97. The first kappa shape index (κ1) is 12.9. The van der Waals surface area contributed by atoms with Crippen molar-refractivity contribution >= 4 is 5.91 Å². The number of amides is 1. The second-order valence-electron chi connectivity index (χ2n) is 3.21. The Labute approximate surface area is 85.3 Å². The predicted molar refractivity (Wildman–Crippen MR) is 55.6 cm³/mol. The van der Waals surface area contributed by atoms with E-state index in [1.165, 1.54) is 0 Å². The van der Waals surface area contributed by atoms with Crippen molar-refractivity contribution in [2.24, 2.45) is 0 Å². The van der Waals surface area contributed by atoms with Gasteiger partial charge in [-0.05, 0) is 13.8 Å². The van der Waals surface area contributed by atoms with Gasteiger partial charge >= 0.3 is 0 Å². The van der Waals surface area contributed by atoms with Crippen LogP contribution >= 0.6 is 0 Å². The molecule has 0 aromatic heterocycles. The smallest absolute Gasteiger partial charge is 0.236 e. The van der Waals surface area contributed by atoms with Crippen molar-refractivity contribution < 1.29 is 9.90 Å². The Bertz CT molecular complexity index is 209. The first-order valence-electron chi connectivity index (χ1n) is 4.68. The van der Waals surface area contributed by atoms with Crippen LogP contribution in [0, 0.1) is 12.3 Å². The average molecular weight is 198 g/mol. The number of nitrogens with zero attached hydrogens (tertiary/aromatic N) is 1. The molecule has 0 unspecified atom stereocenters. The molecule has 0 aliphatic rings. The molecule has 14 heavy (non-hydrogen) atoms. The highest BCUT2D eigenvalue weighted by atomic mass is 16.3. The van der Waals surface area contributed by atoms with Gasteiger partial charge in [0.2, 0.25) is 5.91 Å². The average Bonchev–Trinajstić information content (AvgIpc) is 2.13. The second kappa shape index (κ2) is 7.36. The van der Waals surface area contributed by atoms with Crippen molar-refractivity contribution in [3.05, 3.63) is 0 Å². The molecular formula is C10H18N2O2. The number of hydrogen-bond donors (Lipinski definition) is 2. The third-order valence-electron chi connectivity index (χ3n) is 1.79. The van der Waals surface area contributed by atoms with E-state index in [1.807, 2.05) is 13.8 Å². The lowest BCUT2D eigenvalue weighted by Crippen LogP contribution is -2.43. The Balaban J connectivity index is 3.97. The summed E-state index contributed by atoms with van der Waals surface area (Å²) in [5.74, 6) is 2.35. The van der Waals surface area contributed by atoms with Crippen LogP contribution in [0.1, 0.15) is 13.8 Å². The molecule has 2 N–H and O–H groups in total. The summed E-state index contributed by atoms with van der Waals surface area (Å²) in [6, 6.07) is 0.0993. The van der Waals surface area contributed by atoms with Crippen molar-refractivity contribution in [2.75, 3.05) is 26.2 Å². The van der Waals surface area contributed by atoms with Crippen molar-refractivity contribution in [3.8, 4) is 12.3 Å². The molecule has 0 aliphatic heterocycles. The zero-order chi connectivity index (χ0) is 11.0. The molecule has 0 aromatic carbocycles. The van der Waals surface area contributed by atoms with Gasteiger partial charge in [-0.2, -0.15) is 0 Å². The molecule has 0 saturated carbocycles. The van der Waals surface area contributed by atoms with E-state index in [-0.39, 0.29) is 25.1 Å². The van der Waals surface area contributed by atoms with E-state index in [0.717, 1.165) is 0 Å². The molecule has 0 heterocycles. The normalized spacial score (nSPS) is 9.93. The maximum atomic E-state index is 11.5. The third kappa shape index (κ3) is 4.85. The predicted octanol–water partition coefficient (Wildman–Crippen LogP) is -0.561. The van der Waals surface area contributed by atoms with Crippen LogP contribution in [0.2, 0.25) is 0 Å². The van der Waals surface area contributed by atoms with E-state index in [0.29, 0.717) is 13.1 Å². The molecule has 0 spiro atoms. The van der Waals surface area contributed by atoms with Crippen LogP contribution in [0.25, 0.3) is 0 Å². The van der Waals surface area contributed by atoms with Gasteiger partial charge in [0.25, 0.3) is 0 Å². The van der Waals surface area contributed by atoms with Gasteiger partial charge in [-0.3, -0.25) is 10.1 Å². The molecule has 4 nitrogen and oxygen atoms in total. The maximum Gasteiger partial charge on any atom is 0.236 e. The van der Waals surface area contributed by atoms with Gasteiger partial charge in [0.15, 0.2) is 0 Å². The Kier molecular flexibility index (Phi) is 6.81. The fourth-order valence-corrected chi connectivity index (χ4v) is 1.12. The molecule has 4 heteroatoms. The van der Waals surface area contributed by atoms with E-state index >= 15 is 0 Å². The van der Waals surface area contributed by atoms with Crippen molar-refractivity contribution in [3.63, 3.8) is 0 Å². The lowest BCUT2D eigenvalue weighted by molar-refractivity contribution is -0.132. The molecule has 1 amide bonds. The Morgan fingerprint density at radius 1 is 1.64 bits per heavy atom. The lowest BCUT2D eigenvalue weighted by Gasteiger charge is -2.25. The van der Waals surface area contributed by atoms with Crippen molar-refractivity contribution in [2.45, 2.75) is 19.9 Å². The van der Waals surface area contributed by atoms with E-state index in [9.17, 15) is 4.79 Å². The molecule has 0 aliphatic carbocycles. The highest BCUT2D eigenvalue weighted by Gasteiger charge is 2.14. The van der Waals surface area contributed by atoms with E-state index < -0.39 is 0 Å². The minimum absolute atomic E-state index is 0.0148. The van der Waals surface area contributed by atoms with Gasteiger partial charge in [0.05, 0.1) is 19.7 Å². The van der Waals surface area contributed by atoms with Gasteiger partial charge in [-0.1, -0.05) is 5.92 Å². The van der Waals surface area contributed by atoms with Crippen LogP contribution in [-0.2, 0) is 4.79 Å². The first-order valence-corrected chi connectivity index (χ1v) is 4.68. The van der Waals surface area contributed by atoms with Crippen molar-refractivity contribution in [1.82, 2.24) is 10.2 Å². The molecule has 0 aromatic rings. The van der Waals surface area contributed by atoms with Gasteiger partial charge < -0.3 is 10.0 Å². The van der Waals surface area contributed by atoms with Crippen LogP contribution in [0.3, 0.4) is 0 Å². The van der Waals surface area contributed by atoms with Gasteiger partial charge in [-0.25, -0.2) is 0 Å². The molecule has 0 bridgehead atoms. The molecule has 0 radical (unpaired) electrons. The third-order valence-corrected chi connectivity index (χ3v) is 1.79. The number of carbonyl (C=O) groups is 1. The summed E-state index contributed by atoms with van der Waals surface area (Å²) in [6.45, 7) is 4.79. The number of rotatable bonds is 6. The van der Waals surface area contributed by atoms with Crippen LogP contribution in [0.4, 0.5) is 0 Å². The fourth-order valence-electron chi connectivity index (χ4n) is 1.12. The lowest BCUT2D eigenvalue weighted by atomic mass is 10.3. The minimum Gasteiger partial charge on any atom is -0.395 e. The monoisotopic (exact) mass is 198 g/mol. The van der Waals surface area contributed by atoms with Crippen molar-refractivity contribution in [1.29, 1.82) is 0 Å². The molecular weight excluding hydrogens is 180 g/mol. The Morgan fingerprint density at radius 2 is 2.29 bits per heavy atom. The number of nitrogens with one attached hydrogen (secondary N) is 1. The second-order valence-corrected chi connectivity index (χ2v) is 3.21. The van der Waals surface area contributed by atoms with E-state index in [2.05, 4.69) is 11.2 Å². The summed E-state index contributed by atoms with van der Waals surface area (Å²) >= 11 is 0. The quantitative estimate of drug-likeness (QED) is 0.444. The SMILES string of the molecule is C#CCNCC(=O)N(CCO)C(C)C. The fraction of sp³-hybridized carbons (Fsp3) is 0.700. The van der Waals surface area contributed by atoms with Crippen LogP contribution in [-0.4, -0.2) is 48.2 Å². The summed E-state index contributed by atoms with van der Waals surface area (Å²) in [5.41, 5.74) is 0. The number of aliphatic hydroxyl groups excluding tert-OH is 1. The first-order chi connectivity index (χ1) is 6.63. The van der Waals surface area contributed by atoms with Gasteiger partial charge in [0, 0.05) is 12.6 Å². The molecule has 0 rings (SSSR count). The molecule has 0 saturated heterocycles. The zero-order valence-corrected chi connectivity index (χ0v) is 8.79. The molecule has 0 fully saturated rings. The summed E-state index contributed by atoms with van der Waals surface area (Å²) in [7, 11) is 0. The molecule has 0 atom stereocenters. The summed E-state index contributed by atoms with van der Waals surface area (Å²) in [4.78, 5) is 13.1. The van der Waals surface area contributed by atoms with Crippen LogP contribution in [0.5, 0.6) is 0 Å². The Morgan fingerprint density at radius 3 is 2.71 bits per heavy atom. The largest absolute Gasteiger partial charge is 0.395 e. The number of carbonyl (C=O) groups excluding carboxylic acids is 1.